The number of rotatable bonds is 3. The Morgan fingerprint density at radius 3 is 2.73 bits per heavy atom. The number of hydrogen-bond acceptors (Lipinski definition) is 5. The Balaban J connectivity index is 0.00000228. The van der Waals surface area contributed by atoms with Gasteiger partial charge < -0.3 is 15.2 Å². The molecule has 2 aliphatic heterocycles. The molecular formula is C25H26ClN5O2. The average molecular weight is 464 g/mol. The van der Waals surface area contributed by atoms with Crippen molar-refractivity contribution in [1.82, 2.24) is 20.2 Å². The van der Waals surface area contributed by atoms with E-state index < -0.39 is 0 Å². The summed E-state index contributed by atoms with van der Waals surface area (Å²) in [6.45, 7) is 4.56. The van der Waals surface area contributed by atoms with E-state index in [0.29, 0.717) is 18.0 Å². The fourth-order valence-corrected chi connectivity index (χ4v) is 5.20. The van der Waals surface area contributed by atoms with Crippen molar-refractivity contribution in [3.63, 3.8) is 0 Å². The van der Waals surface area contributed by atoms with E-state index in [1.165, 1.54) is 11.3 Å². The van der Waals surface area contributed by atoms with Gasteiger partial charge in [-0.05, 0) is 60.4 Å². The Labute approximate surface area is 197 Å². The first-order chi connectivity index (χ1) is 15.7. The van der Waals surface area contributed by atoms with E-state index in [4.69, 9.17) is 0 Å². The molecule has 0 spiro atoms. The number of amides is 1. The first-order valence-corrected chi connectivity index (χ1v) is 11.2. The van der Waals surface area contributed by atoms with Crippen molar-refractivity contribution in [1.29, 1.82) is 0 Å². The molecule has 0 bridgehead atoms. The van der Waals surface area contributed by atoms with Crippen LogP contribution in [0.1, 0.15) is 34.5 Å². The van der Waals surface area contributed by atoms with Crippen molar-refractivity contribution in [3.05, 3.63) is 75.8 Å². The van der Waals surface area contributed by atoms with E-state index in [9.17, 15) is 9.59 Å². The number of nitrogens with one attached hydrogen (secondary N) is 2. The Hall–Kier alpha value is -3.16. The van der Waals surface area contributed by atoms with Crippen LogP contribution < -0.4 is 15.8 Å². The SMILES string of the molecule is Cl.O=C1NCc2cc(N3CCN([C@H]4C=C(c5cc6ncccc6c(=O)[nH]5)CC4)CC3)ccc21. The fourth-order valence-electron chi connectivity index (χ4n) is 5.20. The Kier molecular flexibility index (Phi) is 5.68. The van der Waals surface area contributed by atoms with Gasteiger partial charge in [-0.3, -0.25) is 19.5 Å². The second-order valence-corrected chi connectivity index (χ2v) is 8.79. The number of carbonyl (C=O) groups excluding carboxylic acids is 1. The third-order valence-corrected chi connectivity index (χ3v) is 6.98. The number of pyridine rings is 2. The molecule has 0 radical (unpaired) electrons. The molecule has 2 N–H and O–H groups in total. The van der Waals surface area contributed by atoms with Crippen molar-refractivity contribution < 1.29 is 4.79 Å². The van der Waals surface area contributed by atoms with E-state index in [1.54, 1.807) is 12.3 Å². The molecule has 6 rings (SSSR count). The summed E-state index contributed by atoms with van der Waals surface area (Å²) >= 11 is 0. The van der Waals surface area contributed by atoms with E-state index >= 15 is 0 Å². The van der Waals surface area contributed by atoms with Gasteiger partial charge in [0.1, 0.15) is 0 Å². The van der Waals surface area contributed by atoms with Crippen molar-refractivity contribution in [2.75, 3.05) is 31.1 Å². The zero-order valence-corrected chi connectivity index (χ0v) is 19.0. The molecule has 8 heteroatoms. The van der Waals surface area contributed by atoms with Crippen LogP contribution in [0.25, 0.3) is 16.5 Å². The molecule has 3 aliphatic rings. The Morgan fingerprint density at radius 2 is 1.88 bits per heavy atom. The highest BCUT2D eigenvalue weighted by atomic mass is 35.5. The first-order valence-electron chi connectivity index (χ1n) is 11.2. The number of aromatic nitrogens is 2. The summed E-state index contributed by atoms with van der Waals surface area (Å²) < 4.78 is 0. The minimum atomic E-state index is -0.0742. The van der Waals surface area contributed by atoms with Crippen LogP contribution in [0.3, 0.4) is 0 Å². The highest BCUT2D eigenvalue weighted by Gasteiger charge is 2.28. The largest absolute Gasteiger partial charge is 0.369 e. The smallest absolute Gasteiger partial charge is 0.257 e. The minimum Gasteiger partial charge on any atom is -0.369 e. The normalized spacial score (nSPS) is 20.4. The zero-order valence-electron chi connectivity index (χ0n) is 18.2. The van der Waals surface area contributed by atoms with Crippen molar-refractivity contribution in [2.24, 2.45) is 0 Å². The molecule has 1 atom stereocenters. The number of hydrogen-bond donors (Lipinski definition) is 2. The van der Waals surface area contributed by atoms with E-state index in [-0.39, 0.29) is 23.9 Å². The first kappa shape index (κ1) is 21.7. The summed E-state index contributed by atoms with van der Waals surface area (Å²) in [5.41, 5.74) is 5.87. The molecule has 1 amide bonds. The molecule has 170 valence electrons. The van der Waals surface area contributed by atoms with Gasteiger partial charge >= 0.3 is 0 Å². The zero-order chi connectivity index (χ0) is 21.7. The van der Waals surface area contributed by atoms with Gasteiger partial charge in [-0.1, -0.05) is 6.08 Å². The second kappa shape index (κ2) is 8.65. The van der Waals surface area contributed by atoms with Crippen LogP contribution in [0.15, 0.2) is 53.5 Å². The highest BCUT2D eigenvalue weighted by molar-refractivity contribution is 5.98. The Morgan fingerprint density at radius 1 is 1.03 bits per heavy atom. The lowest BCUT2D eigenvalue weighted by atomic mass is 10.1. The van der Waals surface area contributed by atoms with Crippen molar-refractivity contribution >= 4 is 40.5 Å². The van der Waals surface area contributed by atoms with Gasteiger partial charge in [0.2, 0.25) is 0 Å². The maximum atomic E-state index is 12.4. The number of piperazine rings is 1. The molecule has 2 aromatic heterocycles. The van der Waals surface area contributed by atoms with Crippen LogP contribution in [0, 0.1) is 0 Å². The molecule has 1 fully saturated rings. The van der Waals surface area contributed by atoms with Gasteiger partial charge in [0.05, 0.1) is 10.9 Å². The molecule has 1 aromatic carbocycles. The number of carbonyl (C=O) groups is 1. The van der Waals surface area contributed by atoms with E-state index in [0.717, 1.165) is 61.4 Å². The van der Waals surface area contributed by atoms with Crippen LogP contribution in [-0.4, -0.2) is 53.0 Å². The summed E-state index contributed by atoms with van der Waals surface area (Å²) in [5.74, 6) is 0.0312. The van der Waals surface area contributed by atoms with Crippen molar-refractivity contribution in [2.45, 2.75) is 25.4 Å². The van der Waals surface area contributed by atoms with Crippen molar-refractivity contribution in [3.8, 4) is 0 Å². The lowest BCUT2D eigenvalue weighted by Gasteiger charge is -2.38. The van der Waals surface area contributed by atoms with Crippen LogP contribution in [0.5, 0.6) is 0 Å². The average Bonchev–Trinajstić information content (AvgIpc) is 3.46. The number of allylic oxidation sites excluding steroid dienone is 1. The molecule has 7 nitrogen and oxygen atoms in total. The van der Waals surface area contributed by atoms with Gasteiger partial charge in [0, 0.05) is 61.9 Å². The molecule has 3 aromatic rings. The maximum absolute atomic E-state index is 12.4. The number of H-pyrrole nitrogens is 1. The van der Waals surface area contributed by atoms with Gasteiger partial charge in [-0.15, -0.1) is 12.4 Å². The highest BCUT2D eigenvalue weighted by Crippen LogP contribution is 2.31. The Bertz CT molecular complexity index is 1310. The summed E-state index contributed by atoms with van der Waals surface area (Å²) in [4.78, 5) is 36.6. The maximum Gasteiger partial charge on any atom is 0.257 e. The molecule has 0 saturated carbocycles. The molecule has 33 heavy (non-hydrogen) atoms. The number of fused-ring (bicyclic) bond motifs is 2. The monoisotopic (exact) mass is 463 g/mol. The predicted octanol–water partition coefficient (Wildman–Crippen LogP) is 2.96. The van der Waals surface area contributed by atoms with Gasteiger partial charge in [-0.25, -0.2) is 0 Å². The third-order valence-electron chi connectivity index (χ3n) is 6.98. The summed E-state index contributed by atoms with van der Waals surface area (Å²) in [5, 5.41) is 3.53. The fraction of sp³-hybridized carbons (Fsp3) is 0.320. The second-order valence-electron chi connectivity index (χ2n) is 8.79. The number of benzene rings is 1. The number of aromatic amines is 1. The van der Waals surface area contributed by atoms with E-state index in [1.807, 2.05) is 18.2 Å². The lowest BCUT2D eigenvalue weighted by Crippen LogP contribution is -2.49. The third kappa shape index (κ3) is 3.92. The molecular weight excluding hydrogens is 438 g/mol. The van der Waals surface area contributed by atoms with Crippen LogP contribution in [0.2, 0.25) is 0 Å². The lowest BCUT2D eigenvalue weighted by molar-refractivity contribution is 0.0966. The number of halogens is 1. The predicted molar refractivity (Wildman–Crippen MR) is 132 cm³/mol. The standard InChI is InChI=1S/C25H25N5O2.ClH/c31-24-20-6-5-19(13-17(20)15-27-24)30-10-8-29(9-11-30)18-4-3-16(12-18)22-14-23-21(25(32)28-22)2-1-7-26-23;/h1-2,5-7,12-14,18H,3-4,8-11,15H2,(H,27,31)(H,28,32);1H/t18-;/m1./s1. The van der Waals surface area contributed by atoms with Crippen LogP contribution in [-0.2, 0) is 6.54 Å². The topological polar surface area (TPSA) is 81.3 Å². The quantitative estimate of drug-likeness (QED) is 0.624. The minimum absolute atomic E-state index is 0. The van der Waals surface area contributed by atoms with Crippen LogP contribution in [0.4, 0.5) is 5.69 Å². The van der Waals surface area contributed by atoms with Gasteiger partial charge in [0.15, 0.2) is 0 Å². The van der Waals surface area contributed by atoms with Gasteiger partial charge in [0.25, 0.3) is 11.5 Å². The van der Waals surface area contributed by atoms with Crippen LogP contribution >= 0.6 is 12.4 Å². The molecule has 4 heterocycles. The molecule has 1 aliphatic carbocycles. The summed E-state index contributed by atoms with van der Waals surface area (Å²) in [6, 6.07) is 12.2. The van der Waals surface area contributed by atoms with Gasteiger partial charge in [-0.2, -0.15) is 0 Å². The molecule has 1 saturated heterocycles. The molecule has 0 unspecified atom stereocenters. The number of nitrogens with zero attached hydrogens (tertiary/aromatic N) is 3. The summed E-state index contributed by atoms with van der Waals surface area (Å²) in [6.07, 6.45) is 6.09. The number of anilines is 1. The summed E-state index contributed by atoms with van der Waals surface area (Å²) in [7, 11) is 0. The van der Waals surface area contributed by atoms with E-state index in [2.05, 4.69) is 43.3 Å².